The van der Waals surface area contributed by atoms with Crippen molar-refractivity contribution >= 4 is 0 Å². The van der Waals surface area contributed by atoms with E-state index in [-0.39, 0.29) is 0 Å². The van der Waals surface area contributed by atoms with Gasteiger partial charge in [0.05, 0.1) is 6.54 Å². The Labute approximate surface area is 61.5 Å². The van der Waals surface area contributed by atoms with Gasteiger partial charge in [0.25, 0.3) is 0 Å². The highest BCUT2D eigenvalue weighted by atomic mass is 15.5. The first kappa shape index (κ1) is 6.93. The SMILES string of the molecule is CC=CNN1C=CC=CC1. The Balaban J connectivity index is 2.30. The molecule has 0 aromatic heterocycles. The zero-order valence-electron chi connectivity index (χ0n) is 6.12. The maximum absolute atomic E-state index is 3.09. The van der Waals surface area contributed by atoms with Crippen LogP contribution in [-0.4, -0.2) is 11.6 Å². The van der Waals surface area contributed by atoms with Crippen molar-refractivity contribution in [3.8, 4) is 0 Å². The maximum Gasteiger partial charge on any atom is 0.0570 e. The van der Waals surface area contributed by atoms with Gasteiger partial charge >= 0.3 is 0 Å². The summed E-state index contributed by atoms with van der Waals surface area (Å²) in [6.07, 6.45) is 12.0. The number of hydrogen-bond acceptors (Lipinski definition) is 2. The smallest absolute Gasteiger partial charge is 0.0570 e. The average molecular weight is 136 g/mol. The number of hydrogen-bond donors (Lipinski definition) is 1. The molecule has 54 valence electrons. The van der Waals surface area contributed by atoms with Crippen molar-refractivity contribution in [1.29, 1.82) is 0 Å². The summed E-state index contributed by atoms with van der Waals surface area (Å²) in [7, 11) is 0. The van der Waals surface area contributed by atoms with Crippen molar-refractivity contribution in [2.24, 2.45) is 0 Å². The molecule has 0 fully saturated rings. The van der Waals surface area contributed by atoms with Crippen LogP contribution < -0.4 is 5.43 Å². The normalized spacial score (nSPS) is 16.7. The molecule has 1 N–H and O–H groups in total. The van der Waals surface area contributed by atoms with Gasteiger partial charge < -0.3 is 5.43 Å². The first-order chi connectivity index (χ1) is 4.93. The van der Waals surface area contributed by atoms with Crippen molar-refractivity contribution in [2.45, 2.75) is 6.92 Å². The molecule has 1 aliphatic rings. The molecule has 0 atom stereocenters. The quantitative estimate of drug-likeness (QED) is 0.617. The minimum Gasteiger partial charge on any atom is -0.306 e. The predicted molar refractivity (Wildman–Crippen MR) is 42.9 cm³/mol. The van der Waals surface area contributed by atoms with Gasteiger partial charge in [0.2, 0.25) is 0 Å². The second-order valence-electron chi connectivity index (χ2n) is 2.05. The number of nitrogens with zero attached hydrogens (tertiary/aromatic N) is 1. The first-order valence-corrected chi connectivity index (χ1v) is 3.41. The second-order valence-corrected chi connectivity index (χ2v) is 2.05. The monoisotopic (exact) mass is 136 g/mol. The fourth-order valence-corrected chi connectivity index (χ4v) is 0.733. The van der Waals surface area contributed by atoms with Crippen molar-refractivity contribution in [2.75, 3.05) is 6.54 Å². The molecule has 1 aliphatic heterocycles. The molecule has 1 heterocycles. The van der Waals surface area contributed by atoms with E-state index in [2.05, 4.69) is 11.5 Å². The van der Waals surface area contributed by atoms with E-state index in [0.717, 1.165) is 6.54 Å². The Morgan fingerprint density at radius 2 is 2.40 bits per heavy atom. The minimum absolute atomic E-state index is 0.931. The van der Waals surface area contributed by atoms with Gasteiger partial charge in [0, 0.05) is 12.4 Å². The van der Waals surface area contributed by atoms with Gasteiger partial charge in [-0.1, -0.05) is 18.2 Å². The molecule has 0 saturated heterocycles. The van der Waals surface area contributed by atoms with E-state index in [1.807, 2.05) is 42.6 Å². The van der Waals surface area contributed by atoms with E-state index in [9.17, 15) is 0 Å². The molecule has 1 rings (SSSR count). The summed E-state index contributed by atoms with van der Waals surface area (Å²) in [4.78, 5) is 0. The Morgan fingerprint density at radius 1 is 1.50 bits per heavy atom. The molecule has 10 heavy (non-hydrogen) atoms. The van der Waals surface area contributed by atoms with Gasteiger partial charge in [-0.25, -0.2) is 0 Å². The summed E-state index contributed by atoms with van der Waals surface area (Å²) in [6, 6.07) is 0. The molecule has 0 amide bonds. The fraction of sp³-hybridized carbons (Fsp3) is 0.250. The maximum atomic E-state index is 3.09. The molecule has 0 aliphatic carbocycles. The van der Waals surface area contributed by atoms with Crippen LogP contribution in [0.3, 0.4) is 0 Å². The largest absolute Gasteiger partial charge is 0.306 e. The van der Waals surface area contributed by atoms with Gasteiger partial charge in [-0.15, -0.1) is 0 Å². The van der Waals surface area contributed by atoms with E-state index < -0.39 is 0 Å². The molecule has 2 nitrogen and oxygen atoms in total. The van der Waals surface area contributed by atoms with Crippen LogP contribution in [0.25, 0.3) is 0 Å². The summed E-state index contributed by atoms with van der Waals surface area (Å²) in [5.41, 5.74) is 3.09. The van der Waals surface area contributed by atoms with Crippen molar-refractivity contribution in [3.63, 3.8) is 0 Å². The Hall–Kier alpha value is -1.18. The van der Waals surface area contributed by atoms with Gasteiger partial charge in [-0.05, 0) is 13.0 Å². The summed E-state index contributed by atoms with van der Waals surface area (Å²) >= 11 is 0. The molecule has 2 heteroatoms. The Bertz CT molecular complexity index is 168. The predicted octanol–water partition coefficient (Wildman–Crippen LogP) is 1.41. The molecule has 0 radical (unpaired) electrons. The summed E-state index contributed by atoms with van der Waals surface area (Å²) in [5.74, 6) is 0. The number of hydrazine groups is 1. The standard InChI is InChI=1S/C8H12N2/c1-2-6-9-10-7-4-3-5-8-10/h2-7,9H,8H2,1H3. The number of allylic oxidation sites excluding steroid dienone is 3. The zero-order valence-corrected chi connectivity index (χ0v) is 6.12. The third kappa shape index (κ3) is 1.97. The Morgan fingerprint density at radius 3 is 3.00 bits per heavy atom. The topological polar surface area (TPSA) is 15.3 Å². The molecule has 0 unspecified atom stereocenters. The minimum atomic E-state index is 0.931. The van der Waals surface area contributed by atoms with Crippen LogP contribution >= 0.6 is 0 Å². The van der Waals surface area contributed by atoms with E-state index in [1.54, 1.807) is 0 Å². The van der Waals surface area contributed by atoms with Crippen LogP contribution in [0, 0.1) is 0 Å². The van der Waals surface area contributed by atoms with Crippen molar-refractivity contribution in [3.05, 3.63) is 36.7 Å². The van der Waals surface area contributed by atoms with Gasteiger partial charge in [0.15, 0.2) is 0 Å². The highest BCUT2D eigenvalue weighted by molar-refractivity contribution is 5.08. The average Bonchev–Trinajstić information content (AvgIpc) is 2.03. The van der Waals surface area contributed by atoms with Crippen LogP contribution in [0.5, 0.6) is 0 Å². The first-order valence-electron chi connectivity index (χ1n) is 3.41. The fourth-order valence-electron chi connectivity index (χ4n) is 0.733. The van der Waals surface area contributed by atoms with Gasteiger partial charge in [-0.3, -0.25) is 5.01 Å². The third-order valence-corrected chi connectivity index (χ3v) is 1.22. The molecule has 0 aromatic rings. The van der Waals surface area contributed by atoms with E-state index in [4.69, 9.17) is 0 Å². The van der Waals surface area contributed by atoms with Crippen molar-refractivity contribution < 1.29 is 0 Å². The lowest BCUT2D eigenvalue weighted by molar-refractivity contribution is 0.347. The molecule has 0 bridgehead atoms. The van der Waals surface area contributed by atoms with Crippen molar-refractivity contribution in [1.82, 2.24) is 10.4 Å². The van der Waals surface area contributed by atoms with Crippen LogP contribution in [-0.2, 0) is 0 Å². The van der Waals surface area contributed by atoms with Crippen LogP contribution in [0.4, 0.5) is 0 Å². The molecule has 0 spiro atoms. The molecule has 0 saturated carbocycles. The lowest BCUT2D eigenvalue weighted by Gasteiger charge is -2.19. The molecule has 0 aromatic carbocycles. The van der Waals surface area contributed by atoms with Crippen LogP contribution in [0.15, 0.2) is 36.7 Å². The number of rotatable bonds is 2. The summed E-state index contributed by atoms with van der Waals surface area (Å²) in [5, 5.41) is 2.00. The summed E-state index contributed by atoms with van der Waals surface area (Å²) in [6.45, 7) is 2.91. The molecular weight excluding hydrogens is 124 g/mol. The Kier molecular flexibility index (Phi) is 2.62. The molecular formula is C8H12N2. The summed E-state index contributed by atoms with van der Waals surface area (Å²) < 4.78 is 0. The van der Waals surface area contributed by atoms with Gasteiger partial charge in [0.1, 0.15) is 0 Å². The lowest BCUT2D eigenvalue weighted by Crippen LogP contribution is -2.29. The lowest BCUT2D eigenvalue weighted by atomic mass is 10.4. The highest BCUT2D eigenvalue weighted by Crippen LogP contribution is 1.93. The van der Waals surface area contributed by atoms with Crippen LogP contribution in [0.2, 0.25) is 0 Å². The van der Waals surface area contributed by atoms with E-state index in [1.165, 1.54) is 0 Å². The number of nitrogens with one attached hydrogen (secondary N) is 1. The van der Waals surface area contributed by atoms with E-state index >= 15 is 0 Å². The third-order valence-electron chi connectivity index (χ3n) is 1.22. The van der Waals surface area contributed by atoms with Gasteiger partial charge in [-0.2, -0.15) is 0 Å². The van der Waals surface area contributed by atoms with Crippen LogP contribution in [0.1, 0.15) is 6.92 Å². The zero-order chi connectivity index (χ0) is 7.23. The van der Waals surface area contributed by atoms with E-state index in [0.29, 0.717) is 0 Å². The second kappa shape index (κ2) is 3.77. The highest BCUT2D eigenvalue weighted by Gasteiger charge is 1.92.